The van der Waals surface area contributed by atoms with Crippen LogP contribution >= 0.6 is 11.6 Å². The molecule has 92 valence electrons. The Labute approximate surface area is 105 Å². The lowest BCUT2D eigenvalue weighted by molar-refractivity contribution is 0.101. The van der Waals surface area contributed by atoms with Crippen LogP contribution in [0.3, 0.4) is 0 Å². The summed E-state index contributed by atoms with van der Waals surface area (Å²) < 4.78 is 4.91. The minimum atomic E-state index is -0.549. The van der Waals surface area contributed by atoms with Gasteiger partial charge in [0.15, 0.2) is 5.78 Å². The molecule has 0 bridgehead atoms. The molecule has 0 unspecified atom stereocenters. The Hall–Kier alpha value is -1.55. The summed E-state index contributed by atoms with van der Waals surface area (Å²) in [5.41, 5.74) is 0.917. The zero-order chi connectivity index (χ0) is 13.0. The van der Waals surface area contributed by atoms with Crippen molar-refractivity contribution in [3.8, 4) is 0 Å². The molecule has 0 aliphatic heterocycles. The van der Waals surface area contributed by atoms with Gasteiger partial charge in [-0.05, 0) is 39.0 Å². The summed E-state index contributed by atoms with van der Waals surface area (Å²) in [4.78, 5) is 22.5. The molecule has 0 spiro atoms. The zero-order valence-electron chi connectivity index (χ0n) is 9.91. The van der Waals surface area contributed by atoms with Gasteiger partial charge in [0, 0.05) is 11.3 Å². The fourth-order valence-electron chi connectivity index (χ4n) is 1.24. The maximum atomic E-state index is 11.3. The van der Waals surface area contributed by atoms with Gasteiger partial charge in [-0.1, -0.05) is 11.6 Å². The van der Waals surface area contributed by atoms with Crippen molar-refractivity contribution in [3.05, 3.63) is 28.8 Å². The van der Waals surface area contributed by atoms with E-state index in [4.69, 9.17) is 16.3 Å². The number of nitrogens with one attached hydrogen (secondary N) is 1. The molecule has 0 aliphatic carbocycles. The molecule has 0 saturated carbocycles. The number of carbonyl (C=O) groups is 2. The minimum Gasteiger partial charge on any atom is -0.447 e. The number of anilines is 1. The van der Waals surface area contributed by atoms with E-state index in [1.54, 1.807) is 26.0 Å². The van der Waals surface area contributed by atoms with Crippen molar-refractivity contribution in [1.29, 1.82) is 0 Å². The Morgan fingerprint density at radius 3 is 2.47 bits per heavy atom. The van der Waals surface area contributed by atoms with Crippen molar-refractivity contribution in [3.63, 3.8) is 0 Å². The second-order valence-corrected chi connectivity index (χ2v) is 4.24. The number of rotatable bonds is 3. The van der Waals surface area contributed by atoms with Gasteiger partial charge in [0.2, 0.25) is 0 Å². The number of amides is 1. The molecule has 0 atom stereocenters. The first-order valence-electron chi connectivity index (χ1n) is 5.18. The molecule has 0 aromatic heterocycles. The van der Waals surface area contributed by atoms with E-state index in [9.17, 15) is 9.59 Å². The van der Waals surface area contributed by atoms with Gasteiger partial charge in [0.05, 0.1) is 11.1 Å². The third-order valence-corrected chi connectivity index (χ3v) is 2.25. The van der Waals surface area contributed by atoms with Crippen molar-refractivity contribution < 1.29 is 14.3 Å². The highest BCUT2D eigenvalue weighted by Crippen LogP contribution is 2.21. The first kappa shape index (κ1) is 13.5. The maximum absolute atomic E-state index is 11.3. The van der Waals surface area contributed by atoms with Crippen LogP contribution in [0.5, 0.6) is 0 Å². The first-order valence-corrected chi connectivity index (χ1v) is 5.56. The highest BCUT2D eigenvalue weighted by molar-refractivity contribution is 6.34. The average molecular weight is 256 g/mol. The van der Waals surface area contributed by atoms with E-state index in [1.165, 1.54) is 13.0 Å². The van der Waals surface area contributed by atoms with Crippen LogP contribution in [0.1, 0.15) is 31.1 Å². The molecule has 0 saturated heterocycles. The summed E-state index contributed by atoms with van der Waals surface area (Å²) in [6.07, 6.45) is -0.742. The van der Waals surface area contributed by atoms with Crippen molar-refractivity contribution in [2.75, 3.05) is 5.32 Å². The van der Waals surface area contributed by atoms with Crippen molar-refractivity contribution >= 4 is 29.2 Å². The zero-order valence-corrected chi connectivity index (χ0v) is 10.7. The molecular formula is C12H14ClNO3. The maximum Gasteiger partial charge on any atom is 0.411 e. The lowest BCUT2D eigenvalue weighted by Gasteiger charge is -2.10. The molecule has 0 fully saturated rings. The highest BCUT2D eigenvalue weighted by atomic mass is 35.5. The third kappa shape index (κ3) is 4.07. The van der Waals surface area contributed by atoms with Crippen LogP contribution in [0.25, 0.3) is 0 Å². The second-order valence-electron chi connectivity index (χ2n) is 3.83. The lowest BCUT2D eigenvalue weighted by atomic mass is 10.1. The monoisotopic (exact) mass is 255 g/mol. The molecule has 1 N–H and O–H groups in total. The van der Waals surface area contributed by atoms with E-state index < -0.39 is 6.09 Å². The average Bonchev–Trinajstić information content (AvgIpc) is 2.15. The highest BCUT2D eigenvalue weighted by Gasteiger charge is 2.09. The molecule has 1 amide bonds. The Kier molecular flexibility index (Phi) is 4.52. The molecule has 17 heavy (non-hydrogen) atoms. The van der Waals surface area contributed by atoms with Gasteiger partial charge in [-0.3, -0.25) is 10.1 Å². The second kappa shape index (κ2) is 5.68. The first-order chi connectivity index (χ1) is 7.90. The van der Waals surface area contributed by atoms with Crippen LogP contribution in [-0.2, 0) is 4.74 Å². The van der Waals surface area contributed by atoms with Crippen LogP contribution in [-0.4, -0.2) is 18.0 Å². The van der Waals surface area contributed by atoms with E-state index in [0.29, 0.717) is 16.3 Å². The van der Waals surface area contributed by atoms with Gasteiger partial charge >= 0.3 is 6.09 Å². The van der Waals surface area contributed by atoms with Gasteiger partial charge in [0.1, 0.15) is 0 Å². The summed E-state index contributed by atoms with van der Waals surface area (Å²) >= 11 is 5.90. The molecule has 1 aromatic rings. The molecule has 5 heteroatoms. The van der Waals surface area contributed by atoms with E-state index in [0.717, 1.165) is 0 Å². The smallest absolute Gasteiger partial charge is 0.411 e. The summed E-state index contributed by atoms with van der Waals surface area (Å²) in [6.45, 7) is 4.94. The molecule has 4 nitrogen and oxygen atoms in total. The Bertz CT molecular complexity index is 443. The van der Waals surface area contributed by atoms with Gasteiger partial charge in [-0.15, -0.1) is 0 Å². The summed E-state index contributed by atoms with van der Waals surface area (Å²) in [7, 11) is 0. The van der Waals surface area contributed by atoms with Gasteiger partial charge < -0.3 is 4.74 Å². The van der Waals surface area contributed by atoms with Crippen molar-refractivity contribution in [2.24, 2.45) is 0 Å². The van der Waals surface area contributed by atoms with E-state index in [-0.39, 0.29) is 11.9 Å². The normalized spacial score (nSPS) is 10.2. The molecule has 0 radical (unpaired) electrons. The number of Topliss-reactive ketones (excluding diaryl/α,β-unsaturated/α-hetero) is 1. The SMILES string of the molecule is CC(=O)c1ccc(NC(=O)OC(C)C)cc1Cl. The van der Waals surface area contributed by atoms with Crippen LogP contribution < -0.4 is 5.32 Å². The minimum absolute atomic E-state index is 0.119. The number of hydrogen-bond donors (Lipinski definition) is 1. The van der Waals surface area contributed by atoms with E-state index in [1.807, 2.05) is 0 Å². The summed E-state index contributed by atoms with van der Waals surface area (Å²) in [6, 6.07) is 4.68. The molecule has 1 aromatic carbocycles. The van der Waals surface area contributed by atoms with Gasteiger partial charge in [-0.2, -0.15) is 0 Å². The fraction of sp³-hybridized carbons (Fsp3) is 0.333. The van der Waals surface area contributed by atoms with Crippen LogP contribution in [0.15, 0.2) is 18.2 Å². The standard InChI is InChI=1S/C12H14ClNO3/c1-7(2)17-12(16)14-9-4-5-10(8(3)15)11(13)6-9/h4-7H,1-3H3,(H,14,16). The van der Waals surface area contributed by atoms with Crippen molar-refractivity contribution in [2.45, 2.75) is 26.9 Å². The van der Waals surface area contributed by atoms with E-state index in [2.05, 4.69) is 5.32 Å². The molecule has 0 heterocycles. The van der Waals surface area contributed by atoms with E-state index >= 15 is 0 Å². The Morgan fingerprint density at radius 2 is 2.00 bits per heavy atom. The molecular weight excluding hydrogens is 242 g/mol. The molecule has 0 aliphatic rings. The van der Waals surface area contributed by atoms with Crippen LogP contribution in [0, 0.1) is 0 Å². The number of halogens is 1. The summed E-state index contributed by atoms with van der Waals surface area (Å²) in [5, 5.41) is 2.83. The predicted molar refractivity (Wildman–Crippen MR) is 66.7 cm³/mol. The van der Waals surface area contributed by atoms with Crippen molar-refractivity contribution in [1.82, 2.24) is 0 Å². The Balaban J connectivity index is 2.77. The number of benzene rings is 1. The van der Waals surface area contributed by atoms with Gasteiger partial charge in [0.25, 0.3) is 0 Å². The van der Waals surface area contributed by atoms with Crippen LogP contribution in [0.4, 0.5) is 10.5 Å². The predicted octanol–water partition coefficient (Wildman–Crippen LogP) is 3.50. The number of ether oxygens (including phenoxy) is 1. The third-order valence-electron chi connectivity index (χ3n) is 1.94. The van der Waals surface area contributed by atoms with Gasteiger partial charge in [-0.25, -0.2) is 4.79 Å². The largest absolute Gasteiger partial charge is 0.447 e. The molecule has 1 rings (SSSR count). The fourth-order valence-corrected chi connectivity index (χ4v) is 1.55. The Morgan fingerprint density at radius 1 is 1.35 bits per heavy atom. The number of carbonyl (C=O) groups excluding carboxylic acids is 2. The lowest BCUT2D eigenvalue weighted by Crippen LogP contribution is -2.18. The number of ketones is 1. The topological polar surface area (TPSA) is 55.4 Å². The number of hydrogen-bond acceptors (Lipinski definition) is 3. The quantitative estimate of drug-likeness (QED) is 0.841. The summed E-state index contributed by atoms with van der Waals surface area (Å²) in [5.74, 6) is -0.119. The van der Waals surface area contributed by atoms with Crippen LogP contribution in [0.2, 0.25) is 5.02 Å².